The van der Waals surface area contributed by atoms with Crippen molar-refractivity contribution < 1.29 is 52.3 Å². The summed E-state index contributed by atoms with van der Waals surface area (Å²) in [6.45, 7) is 15.5. The Morgan fingerprint density at radius 2 is 1.10 bits per heavy atom. The van der Waals surface area contributed by atoms with E-state index >= 15 is 0 Å². The Labute approximate surface area is 289 Å². The number of hydrogen-bond donors (Lipinski definition) is 2. The van der Waals surface area contributed by atoms with Crippen molar-refractivity contribution in [1.29, 1.82) is 0 Å². The number of nitrogens with zero attached hydrogens (tertiary/aromatic N) is 1. The molecule has 1 aliphatic rings. The number of benzene rings is 1. The van der Waals surface area contributed by atoms with Gasteiger partial charge in [0.15, 0.2) is 5.11 Å². The van der Waals surface area contributed by atoms with E-state index < -0.39 is 5.97 Å². The minimum atomic E-state index is -0.538. The summed E-state index contributed by atoms with van der Waals surface area (Å²) in [6.07, 6.45) is 0.852. The van der Waals surface area contributed by atoms with Crippen molar-refractivity contribution in [2.75, 3.05) is 118 Å². The second-order valence-corrected chi connectivity index (χ2v) is 11.0. The van der Waals surface area contributed by atoms with E-state index in [1.54, 1.807) is 0 Å². The Bertz CT molecular complexity index is 1040. The first-order valence-corrected chi connectivity index (χ1v) is 16.7. The number of nitrogens with one attached hydrogen (secondary N) is 2. The van der Waals surface area contributed by atoms with Crippen LogP contribution in [-0.4, -0.2) is 134 Å². The molecule has 0 aromatic heterocycles. The molecule has 2 rings (SSSR count). The number of amides is 1. The molecule has 1 fully saturated rings. The van der Waals surface area contributed by atoms with Crippen molar-refractivity contribution >= 4 is 34.9 Å². The third kappa shape index (κ3) is 21.3. The van der Waals surface area contributed by atoms with E-state index in [1.807, 2.05) is 0 Å². The second kappa shape index (κ2) is 27.1. The third-order valence-corrected chi connectivity index (χ3v) is 6.65. The zero-order chi connectivity index (χ0) is 34.7. The summed E-state index contributed by atoms with van der Waals surface area (Å²) in [7, 11) is 0. The molecule has 0 spiro atoms. The number of thiocarbonyl (C=S) groups is 1. The standard InChI is InChI=1S/C33H53N3O11S/c1-27-24-28(2)26-30(25-27)35-33(48)34-7-9-40-11-13-42-15-17-44-19-21-46-23-22-45-20-18-43-16-14-41-12-10-39-8-6-32(38)47-36-29(3)4-5-31(36)37/h24-26H,3-23H2,1-2H3,(H2,34,35,48). The van der Waals surface area contributed by atoms with Crippen LogP contribution in [0.4, 0.5) is 5.69 Å². The zero-order valence-electron chi connectivity index (χ0n) is 28.4. The fraction of sp³-hybridized carbons (Fsp3) is 0.667. The number of aryl methyl sites for hydroxylation is 2. The van der Waals surface area contributed by atoms with E-state index in [9.17, 15) is 9.59 Å². The van der Waals surface area contributed by atoms with E-state index in [0.717, 1.165) is 10.8 Å². The van der Waals surface area contributed by atoms with Crippen LogP contribution in [0.2, 0.25) is 0 Å². The highest BCUT2D eigenvalue weighted by Crippen LogP contribution is 2.21. The van der Waals surface area contributed by atoms with Gasteiger partial charge in [0.05, 0.1) is 118 Å². The quantitative estimate of drug-likeness (QED) is 0.0934. The third-order valence-electron chi connectivity index (χ3n) is 6.40. The van der Waals surface area contributed by atoms with Gasteiger partial charge >= 0.3 is 5.97 Å². The fourth-order valence-corrected chi connectivity index (χ4v) is 4.37. The molecule has 0 unspecified atom stereocenters. The van der Waals surface area contributed by atoms with Crippen molar-refractivity contribution in [2.24, 2.45) is 0 Å². The van der Waals surface area contributed by atoms with Crippen molar-refractivity contribution in [3.05, 3.63) is 41.6 Å². The van der Waals surface area contributed by atoms with Gasteiger partial charge in [-0.15, -0.1) is 5.06 Å². The fourth-order valence-electron chi connectivity index (χ4n) is 4.15. The van der Waals surface area contributed by atoms with Gasteiger partial charge in [-0.1, -0.05) is 12.6 Å². The number of carbonyl (C=O) groups excluding carboxylic acids is 2. The first kappa shape index (κ1) is 41.4. The molecule has 1 amide bonds. The maximum absolute atomic E-state index is 11.8. The van der Waals surface area contributed by atoms with Crippen LogP contribution in [-0.2, 0) is 52.3 Å². The van der Waals surface area contributed by atoms with E-state index in [2.05, 4.69) is 49.3 Å². The Kier molecular flexibility index (Phi) is 23.4. The molecule has 0 aliphatic carbocycles. The van der Waals surface area contributed by atoms with Crippen LogP contribution in [0.1, 0.15) is 30.4 Å². The molecule has 1 aromatic carbocycles. The highest BCUT2D eigenvalue weighted by atomic mass is 32.1. The Morgan fingerprint density at radius 3 is 1.52 bits per heavy atom. The summed E-state index contributed by atoms with van der Waals surface area (Å²) < 4.78 is 43.7. The van der Waals surface area contributed by atoms with Gasteiger partial charge in [0.2, 0.25) is 0 Å². The number of anilines is 1. The van der Waals surface area contributed by atoms with Gasteiger partial charge < -0.3 is 53.4 Å². The summed E-state index contributed by atoms with van der Waals surface area (Å²) >= 11 is 5.32. The van der Waals surface area contributed by atoms with Crippen LogP contribution >= 0.6 is 12.2 Å². The highest BCUT2D eigenvalue weighted by Gasteiger charge is 2.27. The summed E-state index contributed by atoms with van der Waals surface area (Å²) in [5.74, 6) is -0.797. The molecule has 272 valence electrons. The van der Waals surface area contributed by atoms with Crippen LogP contribution in [0.3, 0.4) is 0 Å². The molecule has 1 aromatic rings. The topological polar surface area (TPSA) is 145 Å². The van der Waals surface area contributed by atoms with Gasteiger partial charge in [-0.05, 0) is 55.7 Å². The molecule has 0 atom stereocenters. The Balaban J connectivity index is 1.20. The molecule has 15 heteroatoms. The average molecular weight is 700 g/mol. The van der Waals surface area contributed by atoms with Gasteiger partial charge in [-0.3, -0.25) is 4.79 Å². The predicted molar refractivity (Wildman–Crippen MR) is 183 cm³/mol. The SMILES string of the molecule is C=C1CCC(=O)N1OC(=O)CCOCCOCCOCCOCCOCCOCCOCCOCCNC(=S)Nc1cc(C)cc(C)c1. The zero-order valence-corrected chi connectivity index (χ0v) is 29.2. The van der Waals surface area contributed by atoms with Crippen molar-refractivity contribution in [3.8, 4) is 0 Å². The molecule has 0 bridgehead atoms. The molecule has 2 N–H and O–H groups in total. The van der Waals surface area contributed by atoms with E-state index in [4.69, 9.17) is 55.0 Å². The molecular formula is C33H53N3O11S. The van der Waals surface area contributed by atoms with E-state index in [0.29, 0.717) is 129 Å². The number of rotatable bonds is 29. The lowest BCUT2D eigenvalue weighted by Gasteiger charge is -2.15. The van der Waals surface area contributed by atoms with Crippen LogP contribution in [0, 0.1) is 13.8 Å². The first-order chi connectivity index (χ1) is 23.3. The van der Waals surface area contributed by atoms with Crippen LogP contribution in [0.25, 0.3) is 0 Å². The monoisotopic (exact) mass is 699 g/mol. The summed E-state index contributed by atoms with van der Waals surface area (Å²) in [5.41, 5.74) is 3.84. The lowest BCUT2D eigenvalue weighted by atomic mass is 10.1. The van der Waals surface area contributed by atoms with Gasteiger partial charge in [-0.2, -0.15) is 0 Å². The van der Waals surface area contributed by atoms with Crippen LogP contribution < -0.4 is 10.6 Å². The molecular weight excluding hydrogens is 646 g/mol. The van der Waals surface area contributed by atoms with Crippen LogP contribution in [0.5, 0.6) is 0 Å². The minimum Gasteiger partial charge on any atom is -0.378 e. The lowest BCUT2D eigenvalue weighted by molar-refractivity contribution is -0.187. The van der Waals surface area contributed by atoms with Gasteiger partial charge in [-0.25, -0.2) is 4.79 Å². The number of hydrogen-bond acceptors (Lipinski definition) is 12. The molecule has 48 heavy (non-hydrogen) atoms. The maximum Gasteiger partial charge on any atom is 0.335 e. The maximum atomic E-state index is 11.8. The smallest absolute Gasteiger partial charge is 0.335 e. The highest BCUT2D eigenvalue weighted by molar-refractivity contribution is 7.80. The Morgan fingerprint density at radius 1 is 0.688 bits per heavy atom. The summed E-state index contributed by atoms with van der Waals surface area (Å²) in [6, 6.07) is 6.22. The largest absolute Gasteiger partial charge is 0.378 e. The van der Waals surface area contributed by atoms with Crippen molar-refractivity contribution in [3.63, 3.8) is 0 Å². The van der Waals surface area contributed by atoms with Crippen molar-refractivity contribution in [1.82, 2.24) is 10.4 Å². The number of allylic oxidation sites excluding steroid dienone is 1. The van der Waals surface area contributed by atoms with Gasteiger partial charge in [0, 0.05) is 18.7 Å². The average Bonchev–Trinajstić information content (AvgIpc) is 3.36. The minimum absolute atomic E-state index is 0.0383. The number of carbonyl (C=O) groups is 2. The normalized spacial score (nSPS) is 12.9. The van der Waals surface area contributed by atoms with E-state index in [-0.39, 0.29) is 18.9 Å². The first-order valence-electron chi connectivity index (χ1n) is 16.3. The lowest BCUT2D eigenvalue weighted by Crippen LogP contribution is -2.31. The molecule has 1 aliphatic heterocycles. The van der Waals surface area contributed by atoms with E-state index in [1.165, 1.54) is 11.1 Å². The summed E-state index contributed by atoms with van der Waals surface area (Å²) in [5, 5.41) is 7.85. The van der Waals surface area contributed by atoms with Crippen LogP contribution in [0.15, 0.2) is 30.5 Å². The molecule has 0 radical (unpaired) electrons. The van der Waals surface area contributed by atoms with Gasteiger partial charge in [0.25, 0.3) is 5.91 Å². The second-order valence-electron chi connectivity index (χ2n) is 10.6. The van der Waals surface area contributed by atoms with Crippen molar-refractivity contribution in [2.45, 2.75) is 33.1 Å². The molecule has 14 nitrogen and oxygen atoms in total. The molecule has 1 saturated heterocycles. The predicted octanol–water partition coefficient (Wildman–Crippen LogP) is 2.71. The Hall–Kier alpha value is -2.73. The number of hydroxylamine groups is 2. The summed E-state index contributed by atoms with van der Waals surface area (Å²) in [4.78, 5) is 28.3. The van der Waals surface area contributed by atoms with Gasteiger partial charge in [0.1, 0.15) is 0 Å². The number of ether oxygens (including phenoxy) is 8. The molecule has 1 heterocycles. The molecule has 0 saturated carbocycles.